The molecule has 0 bridgehead atoms. The van der Waals surface area contributed by atoms with Crippen molar-refractivity contribution in [2.45, 2.75) is 24.7 Å². The van der Waals surface area contributed by atoms with Crippen molar-refractivity contribution < 1.29 is 13.9 Å². The lowest BCUT2D eigenvalue weighted by Gasteiger charge is -2.36. The summed E-state index contributed by atoms with van der Waals surface area (Å²) in [6.45, 7) is 7.35. The van der Waals surface area contributed by atoms with Crippen LogP contribution >= 0.6 is 0 Å². The van der Waals surface area contributed by atoms with Crippen LogP contribution in [0.3, 0.4) is 0 Å². The molecule has 0 spiro atoms. The second-order valence-corrected chi connectivity index (χ2v) is 7.34. The fraction of sp³-hybridized carbons (Fsp3) is 0.650. The second kappa shape index (κ2) is 10.0. The Morgan fingerprint density at radius 3 is 2.67 bits per heavy atom. The van der Waals surface area contributed by atoms with Crippen molar-refractivity contribution in [3.8, 4) is 0 Å². The van der Waals surface area contributed by atoms with Gasteiger partial charge in [-0.15, -0.1) is 0 Å². The first-order chi connectivity index (χ1) is 13.2. The number of hydrogen-bond acceptors (Lipinski definition) is 4. The molecule has 3 rings (SSSR count). The van der Waals surface area contributed by atoms with Crippen molar-refractivity contribution in [1.29, 1.82) is 0 Å². The molecule has 0 amide bonds. The summed E-state index contributed by atoms with van der Waals surface area (Å²) in [5.41, 5.74) is 6.85. The summed E-state index contributed by atoms with van der Waals surface area (Å²) >= 11 is 0. The number of nitrogens with zero attached hydrogens (tertiary/aromatic N) is 2. The van der Waals surface area contributed by atoms with E-state index >= 15 is 0 Å². The van der Waals surface area contributed by atoms with Gasteiger partial charge in [0.1, 0.15) is 5.82 Å². The second-order valence-electron chi connectivity index (χ2n) is 7.34. The maximum absolute atomic E-state index is 13.7. The first-order valence-electron chi connectivity index (χ1n) is 9.86. The quantitative estimate of drug-likeness (QED) is 0.427. The molecule has 2 heterocycles. The summed E-state index contributed by atoms with van der Waals surface area (Å²) in [5, 5.41) is 3.21. The summed E-state index contributed by atoms with van der Waals surface area (Å²) in [4.78, 5) is 6.98. The SMILES string of the molecule is NC(=NCC1(c2cccc(F)c2)CCOCC1)NCCCN1CCOCC1. The van der Waals surface area contributed by atoms with Crippen molar-refractivity contribution in [3.63, 3.8) is 0 Å². The number of ether oxygens (including phenoxy) is 2. The van der Waals surface area contributed by atoms with Gasteiger partial charge < -0.3 is 20.5 Å². The lowest BCUT2D eigenvalue weighted by Crippen LogP contribution is -2.40. The van der Waals surface area contributed by atoms with E-state index in [1.54, 1.807) is 12.1 Å². The van der Waals surface area contributed by atoms with Gasteiger partial charge in [-0.05, 0) is 43.5 Å². The average Bonchev–Trinajstić information content (AvgIpc) is 2.71. The maximum Gasteiger partial charge on any atom is 0.188 e. The number of rotatable bonds is 7. The molecule has 0 atom stereocenters. The van der Waals surface area contributed by atoms with E-state index in [2.05, 4.69) is 15.2 Å². The number of hydrogen-bond donors (Lipinski definition) is 2. The molecule has 2 aliphatic rings. The molecule has 2 aliphatic heterocycles. The molecule has 0 saturated carbocycles. The van der Waals surface area contributed by atoms with Crippen molar-refractivity contribution in [2.24, 2.45) is 10.7 Å². The Morgan fingerprint density at radius 2 is 1.93 bits per heavy atom. The number of morpholine rings is 1. The van der Waals surface area contributed by atoms with E-state index in [-0.39, 0.29) is 11.2 Å². The van der Waals surface area contributed by atoms with Crippen molar-refractivity contribution in [2.75, 3.05) is 59.2 Å². The summed E-state index contributed by atoms with van der Waals surface area (Å²) < 4.78 is 24.6. The topological polar surface area (TPSA) is 72.1 Å². The average molecular weight is 378 g/mol. The highest BCUT2D eigenvalue weighted by Gasteiger charge is 2.34. The van der Waals surface area contributed by atoms with Crippen LogP contribution in [-0.4, -0.2) is 70.0 Å². The Balaban J connectivity index is 1.51. The first-order valence-corrected chi connectivity index (χ1v) is 9.86. The van der Waals surface area contributed by atoms with E-state index in [9.17, 15) is 4.39 Å². The van der Waals surface area contributed by atoms with Crippen LogP contribution in [0.25, 0.3) is 0 Å². The predicted octanol–water partition coefficient (Wildman–Crippen LogP) is 1.50. The Morgan fingerprint density at radius 1 is 1.19 bits per heavy atom. The number of guanidine groups is 1. The highest BCUT2D eigenvalue weighted by molar-refractivity contribution is 5.77. The molecule has 7 heteroatoms. The summed E-state index contributed by atoms with van der Waals surface area (Å²) in [5.74, 6) is 0.246. The normalized spacial score (nSPS) is 21.1. The molecule has 27 heavy (non-hydrogen) atoms. The number of nitrogens with two attached hydrogens (primary N) is 1. The van der Waals surface area contributed by atoms with Gasteiger partial charge in [0.15, 0.2) is 5.96 Å². The summed E-state index contributed by atoms with van der Waals surface area (Å²) in [6.07, 6.45) is 2.66. The molecule has 2 fully saturated rings. The van der Waals surface area contributed by atoms with E-state index in [1.165, 1.54) is 6.07 Å². The zero-order valence-corrected chi connectivity index (χ0v) is 16.0. The van der Waals surface area contributed by atoms with E-state index in [1.807, 2.05) is 6.07 Å². The largest absolute Gasteiger partial charge is 0.381 e. The van der Waals surface area contributed by atoms with Gasteiger partial charge >= 0.3 is 0 Å². The molecule has 0 aromatic heterocycles. The van der Waals surface area contributed by atoms with Crippen LogP contribution in [0, 0.1) is 5.82 Å². The van der Waals surface area contributed by atoms with Crippen LogP contribution in [0.4, 0.5) is 4.39 Å². The van der Waals surface area contributed by atoms with Gasteiger partial charge in [0.25, 0.3) is 0 Å². The number of aliphatic imine (C=N–C) groups is 1. The summed E-state index contributed by atoms with van der Waals surface area (Å²) in [6, 6.07) is 6.84. The molecular formula is C20H31FN4O2. The van der Waals surface area contributed by atoms with Crippen LogP contribution in [0.2, 0.25) is 0 Å². The van der Waals surface area contributed by atoms with Crippen LogP contribution < -0.4 is 11.1 Å². The Kier molecular flexibility index (Phi) is 7.43. The van der Waals surface area contributed by atoms with Gasteiger partial charge in [-0.25, -0.2) is 4.39 Å². The lowest BCUT2D eigenvalue weighted by atomic mass is 9.74. The van der Waals surface area contributed by atoms with Crippen LogP contribution in [-0.2, 0) is 14.9 Å². The third kappa shape index (κ3) is 5.89. The highest BCUT2D eigenvalue weighted by atomic mass is 19.1. The van der Waals surface area contributed by atoms with E-state index in [4.69, 9.17) is 15.2 Å². The van der Waals surface area contributed by atoms with Gasteiger partial charge in [0, 0.05) is 38.3 Å². The zero-order chi connectivity index (χ0) is 19.0. The maximum atomic E-state index is 13.7. The first kappa shape index (κ1) is 20.0. The minimum atomic E-state index is -0.212. The Hall–Kier alpha value is -1.70. The lowest BCUT2D eigenvalue weighted by molar-refractivity contribution is 0.0376. The minimum absolute atomic E-state index is 0.208. The molecule has 1 aromatic rings. The van der Waals surface area contributed by atoms with Crippen LogP contribution in [0.5, 0.6) is 0 Å². The Labute approximate surface area is 160 Å². The fourth-order valence-corrected chi connectivity index (χ4v) is 3.75. The predicted molar refractivity (Wildman–Crippen MR) is 104 cm³/mol. The highest BCUT2D eigenvalue weighted by Crippen LogP contribution is 2.35. The van der Waals surface area contributed by atoms with Crippen molar-refractivity contribution >= 4 is 5.96 Å². The summed E-state index contributed by atoms with van der Waals surface area (Å²) in [7, 11) is 0. The molecule has 3 N–H and O–H groups in total. The third-order valence-corrected chi connectivity index (χ3v) is 5.50. The number of halogens is 1. The molecule has 0 radical (unpaired) electrons. The monoisotopic (exact) mass is 378 g/mol. The van der Waals surface area contributed by atoms with E-state index in [0.29, 0.717) is 25.7 Å². The molecule has 2 saturated heterocycles. The van der Waals surface area contributed by atoms with Gasteiger partial charge in [-0.3, -0.25) is 9.89 Å². The van der Waals surface area contributed by atoms with Gasteiger partial charge in [-0.1, -0.05) is 12.1 Å². The smallest absolute Gasteiger partial charge is 0.188 e. The van der Waals surface area contributed by atoms with Crippen molar-refractivity contribution in [1.82, 2.24) is 10.2 Å². The van der Waals surface area contributed by atoms with E-state index < -0.39 is 0 Å². The van der Waals surface area contributed by atoms with Gasteiger partial charge in [0.2, 0.25) is 0 Å². The molecule has 0 aliphatic carbocycles. The van der Waals surface area contributed by atoms with E-state index in [0.717, 1.165) is 64.2 Å². The molecule has 6 nitrogen and oxygen atoms in total. The molecule has 1 aromatic carbocycles. The number of nitrogens with one attached hydrogen (secondary N) is 1. The van der Waals surface area contributed by atoms with Crippen molar-refractivity contribution in [3.05, 3.63) is 35.6 Å². The third-order valence-electron chi connectivity index (χ3n) is 5.50. The fourth-order valence-electron chi connectivity index (χ4n) is 3.75. The minimum Gasteiger partial charge on any atom is -0.381 e. The standard InChI is InChI=1S/C20H31FN4O2/c21-18-4-1-3-17(15-18)20(5-11-26-12-6-20)16-24-19(22)23-7-2-8-25-9-13-27-14-10-25/h1,3-4,15H,2,5-14,16H2,(H3,22,23,24). The van der Waals surface area contributed by atoms with Gasteiger partial charge in [-0.2, -0.15) is 0 Å². The molecule has 0 unspecified atom stereocenters. The molecular weight excluding hydrogens is 347 g/mol. The zero-order valence-electron chi connectivity index (χ0n) is 16.0. The number of benzene rings is 1. The van der Waals surface area contributed by atoms with Crippen LogP contribution in [0.15, 0.2) is 29.3 Å². The van der Waals surface area contributed by atoms with Crippen LogP contribution in [0.1, 0.15) is 24.8 Å². The van der Waals surface area contributed by atoms with Gasteiger partial charge in [0.05, 0.1) is 19.8 Å². The molecule has 150 valence electrons. The Bertz CT molecular complexity index is 614.